The number of rotatable bonds is 3. The predicted molar refractivity (Wildman–Crippen MR) is 72.1 cm³/mol. The summed E-state index contributed by atoms with van der Waals surface area (Å²) in [5, 5.41) is 6.93. The van der Waals surface area contributed by atoms with Crippen LogP contribution in [0, 0.1) is 5.41 Å². The summed E-state index contributed by atoms with van der Waals surface area (Å²) >= 11 is 1.59. The predicted octanol–water partition coefficient (Wildman–Crippen LogP) is 2.99. The molecule has 1 fully saturated rings. The molecule has 0 radical (unpaired) electrons. The van der Waals surface area contributed by atoms with Crippen molar-refractivity contribution in [2.45, 2.75) is 38.5 Å². The molecule has 4 heteroatoms. The number of nitrogens with two attached hydrogens (primary N) is 1. The van der Waals surface area contributed by atoms with E-state index < -0.39 is 0 Å². The first-order valence-corrected chi connectivity index (χ1v) is 7.25. The van der Waals surface area contributed by atoms with Crippen molar-refractivity contribution in [2.24, 2.45) is 11.1 Å². The maximum atomic E-state index is 12.4. The third-order valence-electron chi connectivity index (χ3n) is 3.71. The number of carbonyl (C=O) groups is 1. The van der Waals surface area contributed by atoms with Gasteiger partial charge >= 0.3 is 0 Å². The monoisotopic (exact) mass is 252 g/mol. The van der Waals surface area contributed by atoms with Crippen LogP contribution >= 0.6 is 11.3 Å². The number of nitrogens with one attached hydrogen (secondary N) is 1. The van der Waals surface area contributed by atoms with Crippen LogP contribution in [0.5, 0.6) is 0 Å². The third kappa shape index (κ3) is 2.87. The number of amides is 1. The summed E-state index contributed by atoms with van der Waals surface area (Å²) in [6.07, 6.45) is 6.56. The second kappa shape index (κ2) is 5.65. The van der Waals surface area contributed by atoms with E-state index in [-0.39, 0.29) is 11.3 Å². The molecule has 1 aliphatic carbocycles. The van der Waals surface area contributed by atoms with Crippen molar-refractivity contribution >= 4 is 22.9 Å². The van der Waals surface area contributed by atoms with Crippen LogP contribution in [0.25, 0.3) is 0 Å². The van der Waals surface area contributed by atoms with Crippen molar-refractivity contribution in [3.05, 3.63) is 16.8 Å². The third-order valence-corrected chi connectivity index (χ3v) is 4.40. The van der Waals surface area contributed by atoms with E-state index in [1.54, 1.807) is 11.3 Å². The van der Waals surface area contributed by atoms with E-state index in [0.717, 1.165) is 31.4 Å². The Kier molecular flexibility index (Phi) is 4.18. The van der Waals surface area contributed by atoms with Crippen molar-refractivity contribution < 1.29 is 4.79 Å². The maximum absolute atomic E-state index is 12.4. The van der Waals surface area contributed by atoms with Crippen molar-refractivity contribution in [3.8, 4) is 0 Å². The van der Waals surface area contributed by atoms with Gasteiger partial charge < -0.3 is 11.1 Å². The summed E-state index contributed by atoms with van der Waals surface area (Å²) < 4.78 is 0. The Balaban J connectivity index is 2.07. The fraction of sp³-hybridized carbons (Fsp3) is 0.615. The van der Waals surface area contributed by atoms with Gasteiger partial charge in [0.15, 0.2) is 0 Å². The molecule has 3 nitrogen and oxygen atoms in total. The van der Waals surface area contributed by atoms with E-state index in [9.17, 15) is 4.79 Å². The van der Waals surface area contributed by atoms with Gasteiger partial charge in [-0.25, -0.2) is 0 Å². The summed E-state index contributed by atoms with van der Waals surface area (Å²) in [4.78, 5) is 12.4. The van der Waals surface area contributed by atoms with E-state index in [0.29, 0.717) is 6.54 Å². The van der Waals surface area contributed by atoms with Gasteiger partial charge in [-0.1, -0.05) is 25.7 Å². The van der Waals surface area contributed by atoms with Gasteiger partial charge in [-0.15, -0.1) is 0 Å². The molecule has 0 saturated heterocycles. The van der Waals surface area contributed by atoms with Crippen molar-refractivity contribution in [1.29, 1.82) is 0 Å². The molecule has 17 heavy (non-hydrogen) atoms. The minimum absolute atomic E-state index is 0.111. The van der Waals surface area contributed by atoms with Crippen LogP contribution in [0.1, 0.15) is 38.5 Å². The molecule has 0 aromatic carbocycles. The Hall–Kier alpha value is -0.870. The number of carbonyl (C=O) groups excluding carboxylic acids is 1. The highest BCUT2D eigenvalue weighted by molar-refractivity contribution is 7.08. The Morgan fingerprint density at radius 3 is 2.59 bits per heavy atom. The fourth-order valence-electron chi connectivity index (χ4n) is 2.53. The summed E-state index contributed by atoms with van der Waals surface area (Å²) in [6, 6.07) is 1.93. The number of hydrogen-bond acceptors (Lipinski definition) is 3. The molecule has 2 rings (SSSR count). The van der Waals surface area contributed by atoms with Gasteiger partial charge in [0.25, 0.3) is 0 Å². The molecule has 0 spiro atoms. The number of thiophene rings is 1. The summed E-state index contributed by atoms with van der Waals surface area (Å²) in [6.45, 7) is 0.461. The first-order valence-electron chi connectivity index (χ1n) is 6.31. The second-order valence-electron chi connectivity index (χ2n) is 4.86. The molecular formula is C13H20N2OS. The minimum Gasteiger partial charge on any atom is -0.329 e. The van der Waals surface area contributed by atoms with Gasteiger partial charge in [0.2, 0.25) is 5.91 Å². The van der Waals surface area contributed by atoms with E-state index in [1.807, 2.05) is 16.8 Å². The molecule has 0 aliphatic heterocycles. The van der Waals surface area contributed by atoms with Crippen molar-refractivity contribution in [3.63, 3.8) is 0 Å². The summed E-state index contributed by atoms with van der Waals surface area (Å²) in [5.74, 6) is 0.111. The van der Waals surface area contributed by atoms with Gasteiger partial charge in [0, 0.05) is 11.9 Å². The molecule has 1 heterocycles. The molecule has 1 aromatic heterocycles. The summed E-state index contributed by atoms with van der Waals surface area (Å²) in [7, 11) is 0. The zero-order valence-electron chi connectivity index (χ0n) is 10.1. The summed E-state index contributed by atoms with van der Waals surface area (Å²) in [5.41, 5.74) is 6.44. The number of hydrogen-bond donors (Lipinski definition) is 2. The van der Waals surface area contributed by atoms with Gasteiger partial charge in [-0.05, 0) is 24.3 Å². The average molecular weight is 252 g/mol. The highest BCUT2D eigenvalue weighted by Crippen LogP contribution is 2.35. The Morgan fingerprint density at radius 2 is 2.06 bits per heavy atom. The zero-order chi connectivity index (χ0) is 12.1. The molecule has 0 atom stereocenters. The molecule has 0 unspecified atom stereocenters. The quantitative estimate of drug-likeness (QED) is 0.813. The van der Waals surface area contributed by atoms with Crippen LogP contribution in [-0.4, -0.2) is 12.5 Å². The highest BCUT2D eigenvalue weighted by atomic mass is 32.1. The second-order valence-corrected chi connectivity index (χ2v) is 5.64. The van der Waals surface area contributed by atoms with E-state index in [4.69, 9.17) is 5.73 Å². The van der Waals surface area contributed by atoms with Gasteiger partial charge in [-0.3, -0.25) is 4.79 Å². The lowest BCUT2D eigenvalue weighted by molar-refractivity contribution is -0.125. The Bertz CT molecular complexity index is 354. The first-order chi connectivity index (χ1) is 8.27. The Labute approximate surface area is 106 Å². The lowest BCUT2D eigenvalue weighted by Crippen LogP contribution is -2.42. The molecular weight excluding hydrogens is 232 g/mol. The maximum Gasteiger partial charge on any atom is 0.231 e. The Morgan fingerprint density at radius 1 is 1.35 bits per heavy atom. The van der Waals surface area contributed by atoms with Crippen molar-refractivity contribution in [1.82, 2.24) is 0 Å². The standard InChI is InChI=1S/C13H20N2OS/c14-10-13(6-3-1-2-4-7-13)12(16)15-11-5-8-17-9-11/h5,8-9H,1-4,6-7,10,14H2,(H,15,16). The van der Waals surface area contributed by atoms with Crippen LogP contribution in [0.2, 0.25) is 0 Å². The van der Waals surface area contributed by atoms with Gasteiger partial charge in [-0.2, -0.15) is 11.3 Å². The molecule has 1 aromatic rings. The SMILES string of the molecule is NCC1(C(=O)Nc2ccsc2)CCCCCC1. The number of anilines is 1. The van der Waals surface area contributed by atoms with Crippen LogP contribution in [0.3, 0.4) is 0 Å². The van der Waals surface area contributed by atoms with Gasteiger partial charge in [0.1, 0.15) is 0 Å². The zero-order valence-corrected chi connectivity index (χ0v) is 10.9. The van der Waals surface area contributed by atoms with E-state index in [2.05, 4.69) is 5.32 Å². The normalized spacial score (nSPS) is 19.6. The van der Waals surface area contributed by atoms with E-state index >= 15 is 0 Å². The van der Waals surface area contributed by atoms with Crippen LogP contribution in [-0.2, 0) is 4.79 Å². The molecule has 94 valence electrons. The minimum atomic E-state index is -0.335. The molecule has 0 bridgehead atoms. The van der Waals surface area contributed by atoms with Crippen LogP contribution < -0.4 is 11.1 Å². The molecule has 1 saturated carbocycles. The van der Waals surface area contributed by atoms with Gasteiger partial charge in [0.05, 0.1) is 11.1 Å². The van der Waals surface area contributed by atoms with E-state index in [1.165, 1.54) is 12.8 Å². The van der Waals surface area contributed by atoms with Crippen LogP contribution in [0.15, 0.2) is 16.8 Å². The lowest BCUT2D eigenvalue weighted by Gasteiger charge is -2.29. The topological polar surface area (TPSA) is 55.1 Å². The molecule has 1 aliphatic rings. The largest absolute Gasteiger partial charge is 0.329 e. The smallest absolute Gasteiger partial charge is 0.231 e. The molecule has 3 N–H and O–H groups in total. The first kappa shape index (κ1) is 12.6. The highest BCUT2D eigenvalue weighted by Gasteiger charge is 2.37. The molecule has 1 amide bonds. The van der Waals surface area contributed by atoms with Crippen LogP contribution in [0.4, 0.5) is 5.69 Å². The van der Waals surface area contributed by atoms with Crippen molar-refractivity contribution in [2.75, 3.05) is 11.9 Å². The lowest BCUT2D eigenvalue weighted by atomic mass is 9.79. The average Bonchev–Trinajstić information content (AvgIpc) is 2.72. The fourth-order valence-corrected chi connectivity index (χ4v) is 3.12.